The lowest BCUT2D eigenvalue weighted by Crippen LogP contribution is -2.21. The van der Waals surface area contributed by atoms with Crippen molar-refractivity contribution in [3.63, 3.8) is 0 Å². The zero-order chi connectivity index (χ0) is 23.5. The standard InChI is InChI=1S/C26H23FN4O2/c1-17-4-6-18(7-5-17)24-23(16-31(29-24)22-14-10-20(27)11-15-22)25(32)28-21-12-8-19(9-13-21)26(33)30(2)3/h4-16H,1-3H3,(H,28,32). The number of hydrogen-bond donors (Lipinski definition) is 1. The van der Waals surface area contributed by atoms with Gasteiger partial charge in [-0.05, 0) is 55.5 Å². The molecule has 0 spiro atoms. The fraction of sp³-hybridized carbons (Fsp3) is 0.115. The summed E-state index contributed by atoms with van der Waals surface area (Å²) in [6.45, 7) is 1.99. The van der Waals surface area contributed by atoms with E-state index in [1.54, 1.807) is 61.4 Å². The van der Waals surface area contributed by atoms with E-state index in [4.69, 9.17) is 0 Å². The number of carbonyl (C=O) groups excluding carboxylic acids is 2. The molecule has 2 amide bonds. The Bertz CT molecular complexity index is 1290. The number of benzene rings is 3. The minimum Gasteiger partial charge on any atom is -0.345 e. The Hall–Kier alpha value is -4.26. The van der Waals surface area contributed by atoms with Gasteiger partial charge in [-0.1, -0.05) is 29.8 Å². The first kappa shape index (κ1) is 22.0. The smallest absolute Gasteiger partial charge is 0.259 e. The normalized spacial score (nSPS) is 10.7. The molecule has 0 unspecified atom stereocenters. The van der Waals surface area contributed by atoms with E-state index in [0.717, 1.165) is 11.1 Å². The van der Waals surface area contributed by atoms with Crippen molar-refractivity contribution in [1.29, 1.82) is 0 Å². The van der Waals surface area contributed by atoms with Crippen molar-refractivity contribution in [2.75, 3.05) is 19.4 Å². The second-order valence-corrected chi connectivity index (χ2v) is 7.91. The lowest BCUT2D eigenvalue weighted by molar-refractivity contribution is 0.0827. The van der Waals surface area contributed by atoms with Crippen LogP contribution in [0.15, 0.2) is 79.0 Å². The van der Waals surface area contributed by atoms with E-state index < -0.39 is 0 Å². The summed E-state index contributed by atoms with van der Waals surface area (Å²) in [5.41, 5.74) is 4.49. The molecule has 1 N–H and O–H groups in total. The molecule has 0 saturated carbocycles. The van der Waals surface area contributed by atoms with E-state index in [9.17, 15) is 14.0 Å². The third-order valence-electron chi connectivity index (χ3n) is 5.17. The van der Waals surface area contributed by atoms with Gasteiger partial charge in [0.1, 0.15) is 11.5 Å². The van der Waals surface area contributed by atoms with Crippen LogP contribution in [0.5, 0.6) is 0 Å². The number of aromatic nitrogens is 2. The second-order valence-electron chi connectivity index (χ2n) is 7.91. The van der Waals surface area contributed by atoms with Gasteiger partial charge < -0.3 is 10.2 Å². The molecule has 0 saturated heterocycles. The molecule has 4 rings (SSSR count). The summed E-state index contributed by atoms with van der Waals surface area (Å²) in [5.74, 6) is -0.806. The maximum absolute atomic E-state index is 13.4. The van der Waals surface area contributed by atoms with E-state index in [0.29, 0.717) is 28.2 Å². The molecule has 33 heavy (non-hydrogen) atoms. The third kappa shape index (κ3) is 4.82. The Balaban J connectivity index is 1.67. The van der Waals surface area contributed by atoms with Crippen LogP contribution < -0.4 is 5.32 Å². The van der Waals surface area contributed by atoms with Gasteiger partial charge in [0.05, 0.1) is 11.3 Å². The molecule has 166 valence electrons. The van der Waals surface area contributed by atoms with Crippen LogP contribution in [0.25, 0.3) is 16.9 Å². The van der Waals surface area contributed by atoms with E-state index in [2.05, 4.69) is 10.4 Å². The Kier molecular flexibility index (Phi) is 6.04. The third-order valence-corrected chi connectivity index (χ3v) is 5.17. The van der Waals surface area contributed by atoms with Crippen molar-refractivity contribution < 1.29 is 14.0 Å². The van der Waals surface area contributed by atoms with Crippen molar-refractivity contribution in [1.82, 2.24) is 14.7 Å². The van der Waals surface area contributed by atoms with Gasteiger partial charge in [0.2, 0.25) is 0 Å². The zero-order valence-corrected chi connectivity index (χ0v) is 18.5. The predicted octanol–water partition coefficient (Wildman–Crippen LogP) is 4.94. The highest BCUT2D eigenvalue weighted by atomic mass is 19.1. The number of nitrogens with zero attached hydrogens (tertiary/aromatic N) is 3. The summed E-state index contributed by atoms with van der Waals surface area (Å²) >= 11 is 0. The Morgan fingerprint density at radius 2 is 1.55 bits per heavy atom. The number of rotatable bonds is 5. The highest BCUT2D eigenvalue weighted by molar-refractivity contribution is 6.08. The summed E-state index contributed by atoms with van der Waals surface area (Å²) in [7, 11) is 3.37. The van der Waals surface area contributed by atoms with E-state index in [1.807, 2.05) is 31.2 Å². The minimum atomic E-state index is -0.348. The monoisotopic (exact) mass is 442 g/mol. The Labute approximate surface area is 191 Å². The van der Waals surface area contributed by atoms with Crippen LogP contribution in [-0.4, -0.2) is 40.6 Å². The van der Waals surface area contributed by atoms with Crippen LogP contribution in [0.3, 0.4) is 0 Å². The lowest BCUT2D eigenvalue weighted by atomic mass is 10.1. The van der Waals surface area contributed by atoms with Gasteiger partial charge in [-0.25, -0.2) is 9.07 Å². The molecular formula is C26H23FN4O2. The van der Waals surface area contributed by atoms with Crippen molar-refractivity contribution in [3.8, 4) is 16.9 Å². The molecule has 0 aliphatic heterocycles. The van der Waals surface area contributed by atoms with Gasteiger partial charge in [-0.15, -0.1) is 0 Å². The van der Waals surface area contributed by atoms with Crippen molar-refractivity contribution in [3.05, 3.63) is 102 Å². The van der Waals surface area contributed by atoms with Crippen LogP contribution in [0.1, 0.15) is 26.3 Å². The van der Waals surface area contributed by atoms with Gasteiger partial charge in [0.25, 0.3) is 11.8 Å². The molecule has 0 aliphatic rings. The number of carbonyl (C=O) groups is 2. The number of hydrogen-bond acceptors (Lipinski definition) is 3. The molecular weight excluding hydrogens is 419 g/mol. The molecule has 1 heterocycles. The van der Waals surface area contributed by atoms with Crippen LogP contribution in [0.4, 0.5) is 10.1 Å². The molecule has 0 fully saturated rings. The van der Waals surface area contributed by atoms with Crippen LogP contribution in [0, 0.1) is 12.7 Å². The predicted molar refractivity (Wildman–Crippen MR) is 126 cm³/mol. The van der Waals surface area contributed by atoms with E-state index >= 15 is 0 Å². The zero-order valence-electron chi connectivity index (χ0n) is 18.5. The number of anilines is 1. The molecule has 7 heteroatoms. The first-order chi connectivity index (χ1) is 15.8. The first-order valence-electron chi connectivity index (χ1n) is 10.4. The van der Waals surface area contributed by atoms with Gasteiger partial charge in [-0.2, -0.15) is 5.10 Å². The molecule has 4 aromatic rings. The Morgan fingerprint density at radius 3 is 2.15 bits per heavy atom. The van der Waals surface area contributed by atoms with Crippen molar-refractivity contribution >= 4 is 17.5 Å². The summed E-state index contributed by atoms with van der Waals surface area (Å²) in [5, 5.41) is 7.48. The van der Waals surface area contributed by atoms with Gasteiger partial charge in [0, 0.05) is 37.1 Å². The van der Waals surface area contributed by atoms with Gasteiger partial charge in [0.15, 0.2) is 0 Å². The van der Waals surface area contributed by atoms with E-state index in [-0.39, 0.29) is 17.6 Å². The number of nitrogens with one attached hydrogen (secondary N) is 1. The maximum Gasteiger partial charge on any atom is 0.259 e. The fourth-order valence-corrected chi connectivity index (χ4v) is 3.34. The number of amides is 2. The van der Waals surface area contributed by atoms with Crippen LogP contribution in [-0.2, 0) is 0 Å². The van der Waals surface area contributed by atoms with Crippen molar-refractivity contribution in [2.45, 2.75) is 6.92 Å². The highest BCUT2D eigenvalue weighted by Crippen LogP contribution is 2.25. The van der Waals surface area contributed by atoms with Gasteiger partial charge >= 0.3 is 0 Å². The molecule has 0 aliphatic carbocycles. The summed E-state index contributed by atoms with van der Waals surface area (Å²) in [6.07, 6.45) is 1.63. The molecule has 3 aromatic carbocycles. The van der Waals surface area contributed by atoms with Gasteiger partial charge in [-0.3, -0.25) is 9.59 Å². The second kappa shape index (κ2) is 9.08. The quantitative estimate of drug-likeness (QED) is 0.476. The van der Waals surface area contributed by atoms with Crippen molar-refractivity contribution in [2.24, 2.45) is 0 Å². The number of halogens is 1. The minimum absolute atomic E-state index is 0.116. The first-order valence-corrected chi connectivity index (χ1v) is 10.4. The Morgan fingerprint density at radius 1 is 0.909 bits per heavy atom. The average Bonchev–Trinajstić information content (AvgIpc) is 3.25. The lowest BCUT2D eigenvalue weighted by Gasteiger charge is -2.11. The molecule has 1 aromatic heterocycles. The summed E-state index contributed by atoms with van der Waals surface area (Å²) < 4.78 is 14.9. The number of aryl methyl sites for hydroxylation is 1. The van der Waals surface area contributed by atoms with Crippen LogP contribution in [0.2, 0.25) is 0 Å². The maximum atomic E-state index is 13.4. The molecule has 0 radical (unpaired) electrons. The molecule has 6 nitrogen and oxygen atoms in total. The fourth-order valence-electron chi connectivity index (χ4n) is 3.34. The highest BCUT2D eigenvalue weighted by Gasteiger charge is 2.19. The summed E-state index contributed by atoms with van der Waals surface area (Å²) in [6, 6.07) is 20.3. The summed E-state index contributed by atoms with van der Waals surface area (Å²) in [4.78, 5) is 26.8. The largest absolute Gasteiger partial charge is 0.345 e. The van der Waals surface area contributed by atoms with Crippen LogP contribution >= 0.6 is 0 Å². The average molecular weight is 442 g/mol. The SMILES string of the molecule is Cc1ccc(-c2nn(-c3ccc(F)cc3)cc2C(=O)Nc2ccc(C(=O)N(C)C)cc2)cc1. The van der Waals surface area contributed by atoms with E-state index in [1.165, 1.54) is 17.0 Å². The molecule has 0 atom stereocenters. The molecule has 0 bridgehead atoms. The topological polar surface area (TPSA) is 67.2 Å².